The van der Waals surface area contributed by atoms with Crippen LogP contribution in [0.3, 0.4) is 0 Å². The highest BCUT2D eigenvalue weighted by Crippen LogP contribution is 2.59. The van der Waals surface area contributed by atoms with Crippen molar-refractivity contribution >= 4 is 11.8 Å². The number of esters is 1. The number of rotatable bonds is 6. The molecule has 16 heavy (non-hydrogen) atoms. The van der Waals surface area contributed by atoms with Gasteiger partial charge in [-0.3, -0.25) is 9.59 Å². The zero-order valence-corrected chi connectivity index (χ0v) is 9.52. The molecule has 5 heteroatoms. The lowest BCUT2D eigenvalue weighted by molar-refractivity contribution is -0.151. The summed E-state index contributed by atoms with van der Waals surface area (Å²) in [5.41, 5.74) is -1.59. The van der Waals surface area contributed by atoms with E-state index in [-0.39, 0.29) is 19.3 Å². The fraction of sp³-hybridized carbons (Fsp3) is 0.818. The van der Waals surface area contributed by atoms with Gasteiger partial charge in [0.2, 0.25) is 0 Å². The highest BCUT2D eigenvalue weighted by molar-refractivity contribution is 6.00. The van der Waals surface area contributed by atoms with Crippen molar-refractivity contribution in [1.29, 1.82) is 0 Å². The molecule has 0 aliphatic heterocycles. The summed E-state index contributed by atoms with van der Waals surface area (Å²) in [4.78, 5) is 22.5. The van der Waals surface area contributed by atoms with Gasteiger partial charge in [0.15, 0.2) is 5.78 Å². The van der Waals surface area contributed by atoms with Gasteiger partial charge in [0, 0.05) is 6.42 Å². The van der Waals surface area contributed by atoms with E-state index in [1.807, 2.05) is 0 Å². The summed E-state index contributed by atoms with van der Waals surface area (Å²) in [6.45, 7) is 1.65. The van der Waals surface area contributed by atoms with E-state index in [4.69, 9.17) is 0 Å². The van der Waals surface area contributed by atoms with Crippen molar-refractivity contribution in [2.45, 2.75) is 45.0 Å². The third-order valence-electron chi connectivity index (χ3n) is 3.08. The Bertz CT molecular complexity index is 296. The molecule has 0 atom stereocenters. The van der Waals surface area contributed by atoms with Gasteiger partial charge in [0.25, 0.3) is 5.92 Å². The molecule has 3 nitrogen and oxygen atoms in total. The van der Waals surface area contributed by atoms with E-state index in [9.17, 15) is 18.4 Å². The number of hydrogen-bond acceptors (Lipinski definition) is 3. The molecule has 92 valence electrons. The molecule has 1 fully saturated rings. The summed E-state index contributed by atoms with van der Waals surface area (Å²) in [6, 6.07) is 0. The zero-order chi connectivity index (χ0) is 12.4. The van der Waals surface area contributed by atoms with Crippen molar-refractivity contribution < 1.29 is 23.1 Å². The lowest BCUT2D eigenvalue weighted by Crippen LogP contribution is -2.37. The van der Waals surface area contributed by atoms with Crippen LogP contribution in [0.25, 0.3) is 0 Å². The van der Waals surface area contributed by atoms with Crippen molar-refractivity contribution in [3.63, 3.8) is 0 Å². The molecule has 1 aliphatic carbocycles. The Kier molecular flexibility index (Phi) is 3.65. The molecule has 0 heterocycles. The molecule has 1 aliphatic rings. The molecule has 1 rings (SSSR count). The predicted molar refractivity (Wildman–Crippen MR) is 53.2 cm³/mol. The zero-order valence-electron chi connectivity index (χ0n) is 9.52. The van der Waals surface area contributed by atoms with Gasteiger partial charge in [-0.1, -0.05) is 13.3 Å². The number of ketones is 1. The van der Waals surface area contributed by atoms with Crippen LogP contribution in [0.15, 0.2) is 0 Å². The van der Waals surface area contributed by atoms with Gasteiger partial charge >= 0.3 is 5.97 Å². The number of hydrogen-bond donors (Lipinski definition) is 0. The first-order valence-corrected chi connectivity index (χ1v) is 5.37. The highest BCUT2D eigenvalue weighted by Gasteiger charge is 2.65. The fourth-order valence-electron chi connectivity index (χ4n) is 1.90. The van der Waals surface area contributed by atoms with Gasteiger partial charge in [-0.2, -0.15) is 0 Å². The topological polar surface area (TPSA) is 43.4 Å². The first-order valence-electron chi connectivity index (χ1n) is 5.37. The Morgan fingerprint density at radius 3 is 2.31 bits per heavy atom. The van der Waals surface area contributed by atoms with Crippen LogP contribution in [0, 0.1) is 5.41 Å². The Morgan fingerprint density at radius 2 is 1.94 bits per heavy atom. The van der Waals surface area contributed by atoms with Gasteiger partial charge in [-0.15, -0.1) is 0 Å². The smallest absolute Gasteiger partial charge is 0.313 e. The van der Waals surface area contributed by atoms with E-state index < -0.39 is 29.5 Å². The quantitative estimate of drug-likeness (QED) is 0.523. The minimum absolute atomic E-state index is 0.176. The maximum absolute atomic E-state index is 13.7. The summed E-state index contributed by atoms with van der Waals surface area (Å²) in [5, 5.41) is 0. The molecule has 0 amide bonds. The Hall–Kier alpha value is -1.00. The molecule has 1 saturated carbocycles. The van der Waals surface area contributed by atoms with Gasteiger partial charge in [0.05, 0.1) is 12.5 Å². The second-order valence-corrected chi connectivity index (χ2v) is 4.21. The standard InChI is InChI=1S/C11H16F2O3/c1-3-4-11(12,13)10(5-6-10)8(14)7-9(15)16-2/h3-7H2,1-2H3. The van der Waals surface area contributed by atoms with E-state index in [1.54, 1.807) is 6.92 Å². The van der Waals surface area contributed by atoms with Crippen molar-refractivity contribution in [2.24, 2.45) is 5.41 Å². The first-order chi connectivity index (χ1) is 7.39. The van der Waals surface area contributed by atoms with Crippen molar-refractivity contribution in [1.82, 2.24) is 0 Å². The second kappa shape index (κ2) is 4.47. The minimum Gasteiger partial charge on any atom is -0.469 e. The summed E-state index contributed by atoms with van der Waals surface area (Å²) in [6.07, 6.45) is -0.179. The normalized spacial score (nSPS) is 18.0. The molecule has 0 aromatic rings. The molecular weight excluding hydrogens is 218 g/mol. The number of methoxy groups -OCH3 is 1. The van der Waals surface area contributed by atoms with Crippen LogP contribution in [0.1, 0.15) is 39.0 Å². The number of alkyl halides is 2. The number of carbonyl (C=O) groups excluding carboxylic acids is 2. The molecule has 0 radical (unpaired) electrons. The molecular formula is C11H16F2O3. The third-order valence-corrected chi connectivity index (χ3v) is 3.08. The Morgan fingerprint density at radius 1 is 1.38 bits per heavy atom. The average Bonchev–Trinajstić information content (AvgIpc) is 2.98. The van der Waals surface area contributed by atoms with Crippen LogP contribution in [0.2, 0.25) is 0 Å². The van der Waals surface area contributed by atoms with Gasteiger partial charge in [-0.05, 0) is 12.8 Å². The molecule has 0 bridgehead atoms. The molecule has 0 unspecified atom stereocenters. The van der Waals surface area contributed by atoms with Crippen LogP contribution in [-0.2, 0) is 14.3 Å². The van der Waals surface area contributed by atoms with Gasteiger partial charge in [0.1, 0.15) is 6.42 Å². The molecule has 0 aromatic heterocycles. The van der Waals surface area contributed by atoms with Crippen LogP contribution >= 0.6 is 0 Å². The monoisotopic (exact) mass is 234 g/mol. The Labute approximate surface area is 93.2 Å². The van der Waals surface area contributed by atoms with Crippen LogP contribution in [0.4, 0.5) is 8.78 Å². The number of ether oxygens (including phenoxy) is 1. The lowest BCUT2D eigenvalue weighted by atomic mass is 9.88. The predicted octanol–water partition coefficient (Wildman–Crippen LogP) is 2.33. The number of halogens is 2. The van der Waals surface area contributed by atoms with E-state index in [0.29, 0.717) is 6.42 Å². The van der Waals surface area contributed by atoms with E-state index in [2.05, 4.69) is 4.74 Å². The van der Waals surface area contributed by atoms with Crippen molar-refractivity contribution in [2.75, 3.05) is 7.11 Å². The first kappa shape index (κ1) is 13.1. The van der Waals surface area contributed by atoms with E-state index in [0.717, 1.165) is 7.11 Å². The second-order valence-electron chi connectivity index (χ2n) is 4.21. The molecule has 0 N–H and O–H groups in total. The van der Waals surface area contributed by atoms with E-state index in [1.165, 1.54) is 0 Å². The van der Waals surface area contributed by atoms with Crippen molar-refractivity contribution in [3.05, 3.63) is 0 Å². The highest BCUT2D eigenvalue weighted by atomic mass is 19.3. The maximum Gasteiger partial charge on any atom is 0.313 e. The number of Topliss-reactive ketones (excluding diaryl/α,β-unsaturated/α-hetero) is 1. The van der Waals surface area contributed by atoms with Crippen LogP contribution < -0.4 is 0 Å². The summed E-state index contributed by atoms with van der Waals surface area (Å²) in [5.74, 6) is -4.42. The SMILES string of the molecule is CCCC(F)(F)C1(C(=O)CC(=O)OC)CC1. The lowest BCUT2D eigenvalue weighted by Gasteiger charge is -2.24. The largest absolute Gasteiger partial charge is 0.469 e. The average molecular weight is 234 g/mol. The number of carbonyl (C=O) groups is 2. The Balaban J connectivity index is 2.71. The molecule has 0 saturated heterocycles. The minimum atomic E-state index is -2.99. The van der Waals surface area contributed by atoms with Gasteiger partial charge in [-0.25, -0.2) is 8.78 Å². The van der Waals surface area contributed by atoms with Crippen LogP contribution in [0.5, 0.6) is 0 Å². The summed E-state index contributed by atoms with van der Waals surface area (Å²) < 4.78 is 31.7. The van der Waals surface area contributed by atoms with E-state index >= 15 is 0 Å². The molecule has 0 spiro atoms. The van der Waals surface area contributed by atoms with Crippen molar-refractivity contribution in [3.8, 4) is 0 Å². The fourth-order valence-corrected chi connectivity index (χ4v) is 1.90. The van der Waals surface area contributed by atoms with Gasteiger partial charge < -0.3 is 4.74 Å². The summed E-state index contributed by atoms with van der Waals surface area (Å²) >= 11 is 0. The molecule has 0 aromatic carbocycles. The third kappa shape index (κ3) is 2.23. The summed E-state index contributed by atoms with van der Waals surface area (Å²) in [7, 11) is 1.14. The van der Waals surface area contributed by atoms with Crippen LogP contribution in [-0.4, -0.2) is 24.8 Å². The maximum atomic E-state index is 13.7.